The maximum Gasteiger partial charge on any atom is 0.323 e. The predicted octanol–water partition coefficient (Wildman–Crippen LogP) is 4.91. The Balaban J connectivity index is 2.03. The van der Waals surface area contributed by atoms with Crippen molar-refractivity contribution >= 4 is 49.3 Å². The maximum absolute atomic E-state index is 12.0. The van der Waals surface area contributed by atoms with Crippen molar-refractivity contribution < 1.29 is 9.90 Å². The first-order valence-electron chi connectivity index (χ1n) is 6.27. The summed E-state index contributed by atoms with van der Waals surface area (Å²) in [6.07, 6.45) is -0.523. The number of amides is 2. The SMILES string of the molecule is CC(O)c1ccc(NC(=O)Nc2cc(Br)ccc2Br)cc1. The van der Waals surface area contributed by atoms with Crippen molar-refractivity contribution in [3.63, 3.8) is 0 Å². The third-order valence-electron chi connectivity index (χ3n) is 2.83. The van der Waals surface area contributed by atoms with E-state index in [1.807, 2.05) is 12.1 Å². The van der Waals surface area contributed by atoms with E-state index in [0.29, 0.717) is 11.4 Å². The second-order valence-corrected chi connectivity index (χ2v) is 6.27. The van der Waals surface area contributed by atoms with Crippen molar-refractivity contribution in [2.75, 3.05) is 10.6 Å². The number of rotatable bonds is 3. The molecule has 0 aromatic heterocycles. The van der Waals surface area contributed by atoms with Gasteiger partial charge in [-0.3, -0.25) is 0 Å². The van der Waals surface area contributed by atoms with Crippen LogP contribution in [0.3, 0.4) is 0 Å². The molecule has 2 rings (SSSR count). The van der Waals surface area contributed by atoms with E-state index in [-0.39, 0.29) is 6.03 Å². The highest BCUT2D eigenvalue weighted by molar-refractivity contribution is 9.11. The zero-order valence-corrected chi connectivity index (χ0v) is 14.4. The molecule has 0 heterocycles. The highest BCUT2D eigenvalue weighted by atomic mass is 79.9. The van der Waals surface area contributed by atoms with Crippen LogP contribution in [0.1, 0.15) is 18.6 Å². The van der Waals surface area contributed by atoms with Crippen LogP contribution in [0.2, 0.25) is 0 Å². The number of nitrogens with one attached hydrogen (secondary N) is 2. The lowest BCUT2D eigenvalue weighted by atomic mass is 10.1. The van der Waals surface area contributed by atoms with Crippen molar-refractivity contribution in [1.82, 2.24) is 0 Å². The van der Waals surface area contributed by atoms with E-state index < -0.39 is 6.10 Å². The van der Waals surface area contributed by atoms with Gasteiger partial charge in [0, 0.05) is 14.6 Å². The van der Waals surface area contributed by atoms with Gasteiger partial charge in [-0.25, -0.2) is 4.79 Å². The number of aliphatic hydroxyl groups excluding tert-OH is 1. The minimum Gasteiger partial charge on any atom is -0.389 e. The van der Waals surface area contributed by atoms with Gasteiger partial charge in [0.1, 0.15) is 0 Å². The van der Waals surface area contributed by atoms with Gasteiger partial charge in [-0.1, -0.05) is 28.1 Å². The van der Waals surface area contributed by atoms with E-state index in [1.165, 1.54) is 0 Å². The first-order chi connectivity index (χ1) is 9.95. The molecular formula is C15H14Br2N2O2. The summed E-state index contributed by atoms with van der Waals surface area (Å²) >= 11 is 6.74. The van der Waals surface area contributed by atoms with Crippen molar-refractivity contribution in [3.8, 4) is 0 Å². The number of hydrogen-bond donors (Lipinski definition) is 3. The fourth-order valence-electron chi connectivity index (χ4n) is 1.72. The van der Waals surface area contributed by atoms with Crippen molar-refractivity contribution in [1.29, 1.82) is 0 Å². The zero-order chi connectivity index (χ0) is 15.4. The Morgan fingerprint density at radius 2 is 1.76 bits per heavy atom. The standard InChI is InChI=1S/C15H14Br2N2O2/c1-9(20)10-2-5-12(6-3-10)18-15(21)19-14-8-11(16)4-7-13(14)17/h2-9,20H,1H3,(H2,18,19,21). The Kier molecular flexibility index (Phi) is 5.39. The normalized spacial score (nSPS) is 11.8. The number of aliphatic hydroxyl groups is 1. The van der Waals surface area contributed by atoms with E-state index in [0.717, 1.165) is 14.5 Å². The van der Waals surface area contributed by atoms with Crippen LogP contribution in [0.4, 0.5) is 16.2 Å². The second-order valence-electron chi connectivity index (χ2n) is 4.50. The number of carbonyl (C=O) groups excluding carboxylic acids is 1. The Morgan fingerprint density at radius 1 is 1.10 bits per heavy atom. The van der Waals surface area contributed by atoms with Crippen LogP contribution >= 0.6 is 31.9 Å². The van der Waals surface area contributed by atoms with Crippen LogP contribution in [-0.4, -0.2) is 11.1 Å². The monoisotopic (exact) mass is 412 g/mol. The van der Waals surface area contributed by atoms with Gasteiger partial charge in [0.2, 0.25) is 0 Å². The van der Waals surface area contributed by atoms with E-state index >= 15 is 0 Å². The molecule has 0 aliphatic rings. The highest BCUT2D eigenvalue weighted by Gasteiger charge is 2.07. The number of anilines is 2. The van der Waals surface area contributed by atoms with Crippen LogP contribution in [-0.2, 0) is 0 Å². The summed E-state index contributed by atoms with van der Waals surface area (Å²) in [6.45, 7) is 1.69. The van der Waals surface area contributed by atoms with Crippen LogP contribution in [0.15, 0.2) is 51.4 Å². The lowest BCUT2D eigenvalue weighted by Gasteiger charge is -2.10. The predicted molar refractivity (Wildman–Crippen MR) is 91.6 cm³/mol. The van der Waals surface area contributed by atoms with Gasteiger partial charge >= 0.3 is 6.03 Å². The van der Waals surface area contributed by atoms with E-state index in [1.54, 1.807) is 37.3 Å². The fraction of sp³-hybridized carbons (Fsp3) is 0.133. The number of benzene rings is 2. The van der Waals surface area contributed by atoms with E-state index in [2.05, 4.69) is 42.5 Å². The summed E-state index contributed by atoms with van der Waals surface area (Å²) in [5.41, 5.74) is 2.13. The van der Waals surface area contributed by atoms with Crippen LogP contribution < -0.4 is 10.6 Å². The third kappa shape index (κ3) is 4.56. The second kappa shape index (κ2) is 7.06. The number of carbonyl (C=O) groups is 1. The average Bonchev–Trinajstić information content (AvgIpc) is 2.43. The van der Waals surface area contributed by atoms with E-state index in [9.17, 15) is 9.90 Å². The molecule has 0 saturated heterocycles. The summed E-state index contributed by atoms with van der Waals surface area (Å²) in [4.78, 5) is 12.0. The minimum absolute atomic E-state index is 0.335. The summed E-state index contributed by atoms with van der Waals surface area (Å²) < 4.78 is 1.67. The van der Waals surface area contributed by atoms with Gasteiger partial charge in [0.15, 0.2) is 0 Å². The molecule has 110 valence electrons. The lowest BCUT2D eigenvalue weighted by Crippen LogP contribution is -2.19. The molecule has 1 atom stereocenters. The van der Waals surface area contributed by atoms with Crippen molar-refractivity contribution in [3.05, 3.63) is 57.0 Å². The van der Waals surface area contributed by atoms with Gasteiger partial charge in [-0.15, -0.1) is 0 Å². The Bertz CT molecular complexity index is 643. The van der Waals surface area contributed by atoms with Gasteiger partial charge in [0.25, 0.3) is 0 Å². The molecule has 0 aliphatic heterocycles. The highest BCUT2D eigenvalue weighted by Crippen LogP contribution is 2.26. The van der Waals surface area contributed by atoms with Crippen molar-refractivity contribution in [2.45, 2.75) is 13.0 Å². The first kappa shape index (κ1) is 16.0. The molecule has 2 aromatic rings. The molecule has 4 nitrogen and oxygen atoms in total. The third-order valence-corrected chi connectivity index (χ3v) is 4.01. The number of halogens is 2. The Labute approximate surface area is 139 Å². The van der Waals surface area contributed by atoms with E-state index in [4.69, 9.17) is 0 Å². The molecule has 0 radical (unpaired) electrons. The molecule has 21 heavy (non-hydrogen) atoms. The quantitative estimate of drug-likeness (QED) is 0.669. The first-order valence-corrected chi connectivity index (χ1v) is 7.85. The largest absolute Gasteiger partial charge is 0.389 e. The van der Waals surface area contributed by atoms with Gasteiger partial charge in [-0.05, 0) is 58.7 Å². The molecule has 0 aliphatic carbocycles. The number of urea groups is 1. The molecule has 0 saturated carbocycles. The van der Waals surface area contributed by atoms with Crippen LogP contribution in [0, 0.1) is 0 Å². The maximum atomic E-state index is 12.0. The summed E-state index contributed by atoms with van der Waals surface area (Å²) in [5, 5.41) is 14.9. The number of hydrogen-bond acceptors (Lipinski definition) is 2. The summed E-state index contributed by atoms with van der Waals surface area (Å²) in [7, 11) is 0. The van der Waals surface area contributed by atoms with Gasteiger partial charge < -0.3 is 15.7 Å². The smallest absolute Gasteiger partial charge is 0.323 e. The molecule has 2 amide bonds. The van der Waals surface area contributed by atoms with Crippen LogP contribution in [0.25, 0.3) is 0 Å². The Morgan fingerprint density at radius 3 is 2.38 bits per heavy atom. The lowest BCUT2D eigenvalue weighted by molar-refractivity contribution is 0.199. The van der Waals surface area contributed by atoms with Gasteiger partial charge in [-0.2, -0.15) is 0 Å². The van der Waals surface area contributed by atoms with Gasteiger partial charge in [0.05, 0.1) is 11.8 Å². The molecule has 2 aromatic carbocycles. The molecule has 3 N–H and O–H groups in total. The Hall–Kier alpha value is -1.37. The molecular weight excluding hydrogens is 400 g/mol. The van der Waals surface area contributed by atoms with Crippen molar-refractivity contribution in [2.24, 2.45) is 0 Å². The van der Waals surface area contributed by atoms with Crippen LogP contribution in [0.5, 0.6) is 0 Å². The minimum atomic E-state index is -0.523. The molecule has 1 unspecified atom stereocenters. The molecule has 6 heteroatoms. The summed E-state index contributed by atoms with van der Waals surface area (Å²) in [6, 6.07) is 12.2. The summed E-state index contributed by atoms with van der Waals surface area (Å²) in [5.74, 6) is 0. The molecule has 0 spiro atoms. The zero-order valence-electron chi connectivity index (χ0n) is 11.2. The molecule has 0 bridgehead atoms. The molecule has 0 fully saturated rings. The fourth-order valence-corrected chi connectivity index (χ4v) is 2.43. The topological polar surface area (TPSA) is 61.4 Å². The average molecular weight is 414 g/mol.